The van der Waals surface area contributed by atoms with Crippen molar-refractivity contribution >= 4 is 0 Å². The van der Waals surface area contributed by atoms with Gasteiger partial charge in [-0.15, -0.1) is 0 Å². The van der Waals surface area contributed by atoms with Crippen LogP contribution in [0.25, 0.3) is 5.69 Å². The van der Waals surface area contributed by atoms with E-state index in [9.17, 15) is 23.4 Å². The van der Waals surface area contributed by atoms with E-state index in [-0.39, 0.29) is 5.69 Å². The van der Waals surface area contributed by atoms with Crippen LogP contribution in [-0.2, 0) is 26.9 Å². The van der Waals surface area contributed by atoms with E-state index in [4.69, 9.17) is 14.7 Å². The molecule has 0 unspecified atom stereocenters. The molecule has 1 aromatic carbocycles. The molecule has 1 saturated heterocycles. The lowest BCUT2D eigenvalue weighted by Crippen LogP contribution is -2.34. The van der Waals surface area contributed by atoms with Gasteiger partial charge < -0.3 is 19.7 Å². The summed E-state index contributed by atoms with van der Waals surface area (Å²) in [5.41, 5.74) is -3.18. The normalized spacial score (nSPS) is 28.4. The van der Waals surface area contributed by atoms with Gasteiger partial charge in [-0.3, -0.25) is 4.57 Å². The fourth-order valence-corrected chi connectivity index (χ4v) is 4.56. The van der Waals surface area contributed by atoms with Crippen LogP contribution in [0.5, 0.6) is 11.8 Å². The summed E-state index contributed by atoms with van der Waals surface area (Å²) >= 11 is 0. The summed E-state index contributed by atoms with van der Waals surface area (Å²) in [6.45, 7) is 3.45. The van der Waals surface area contributed by atoms with Crippen molar-refractivity contribution in [2.45, 2.75) is 43.8 Å². The Kier molecular flexibility index (Phi) is 3.62. The average Bonchev–Trinajstić information content (AvgIpc) is 3.14. The first-order valence-corrected chi connectivity index (χ1v) is 8.50. The second-order valence-corrected chi connectivity index (χ2v) is 7.44. The van der Waals surface area contributed by atoms with Crippen molar-refractivity contribution in [3.05, 3.63) is 40.5 Å². The Morgan fingerprint density at radius 1 is 1.25 bits per heavy atom. The van der Waals surface area contributed by atoms with Crippen molar-refractivity contribution in [2.75, 3.05) is 7.11 Å². The van der Waals surface area contributed by atoms with Gasteiger partial charge >= 0.3 is 6.18 Å². The van der Waals surface area contributed by atoms with E-state index >= 15 is 0 Å². The molecule has 9 heteroatoms. The summed E-state index contributed by atoms with van der Waals surface area (Å²) < 4.78 is 52.4. The first-order valence-electron chi connectivity index (χ1n) is 8.50. The third-order valence-electron chi connectivity index (χ3n) is 5.74. The number of benzene rings is 1. The van der Waals surface area contributed by atoms with Gasteiger partial charge in [0.25, 0.3) is 0 Å². The van der Waals surface area contributed by atoms with Crippen LogP contribution < -0.4 is 0 Å². The average molecular weight is 394 g/mol. The minimum absolute atomic E-state index is 0.115. The van der Waals surface area contributed by atoms with Crippen LogP contribution in [0.3, 0.4) is 0 Å². The largest absolute Gasteiger partial charge is 0.494 e. The summed E-state index contributed by atoms with van der Waals surface area (Å²) in [6, 6.07) is 4.49. The van der Waals surface area contributed by atoms with Crippen LogP contribution in [0.2, 0.25) is 0 Å². The van der Waals surface area contributed by atoms with E-state index in [0.717, 1.165) is 16.7 Å². The lowest BCUT2D eigenvalue weighted by molar-refractivity contribution is -0.137. The number of ether oxygens (including phenoxy) is 2. The molecule has 0 aliphatic carbocycles. The maximum Gasteiger partial charge on any atom is 0.417 e. The third-order valence-corrected chi connectivity index (χ3v) is 5.74. The molecular formula is C19H17F3N2O4. The number of rotatable bonds is 2. The molecular weight excluding hydrogens is 377 g/mol. The Bertz CT molecular complexity index is 1040. The van der Waals surface area contributed by atoms with E-state index in [2.05, 4.69) is 0 Å². The summed E-state index contributed by atoms with van der Waals surface area (Å²) in [5, 5.41) is 30.6. The molecule has 1 fully saturated rings. The Balaban J connectivity index is 1.96. The molecule has 3 heterocycles. The lowest BCUT2D eigenvalue weighted by atomic mass is 9.78. The molecule has 6 nitrogen and oxygen atoms in total. The number of aromatic hydroxyl groups is 2. The number of hydrogen-bond donors (Lipinski definition) is 2. The molecule has 148 valence electrons. The van der Waals surface area contributed by atoms with Crippen molar-refractivity contribution in [1.82, 2.24) is 4.57 Å². The van der Waals surface area contributed by atoms with E-state index < -0.39 is 46.4 Å². The summed E-state index contributed by atoms with van der Waals surface area (Å²) in [6.07, 6.45) is -4.73. The number of hydrogen-bond acceptors (Lipinski definition) is 5. The zero-order chi connectivity index (χ0) is 20.6. The molecule has 28 heavy (non-hydrogen) atoms. The lowest BCUT2D eigenvalue weighted by Gasteiger charge is -2.28. The molecule has 1 aromatic heterocycles. The molecule has 4 rings (SSSR count). The SMILES string of the molecule is CO[C@H]1C[C@@]2(C)O[C@]1(C)c1c2c(O)n(-c2ccc(C#N)c(C(F)(F)F)c2)c1O. The summed E-state index contributed by atoms with van der Waals surface area (Å²) in [7, 11) is 1.51. The highest BCUT2D eigenvalue weighted by atomic mass is 19.4. The van der Waals surface area contributed by atoms with Gasteiger partial charge in [-0.25, -0.2) is 0 Å². The molecule has 2 aliphatic heterocycles. The minimum atomic E-state index is -4.76. The molecule has 0 saturated carbocycles. The molecule has 0 spiro atoms. The van der Waals surface area contributed by atoms with Crippen LogP contribution in [0.15, 0.2) is 18.2 Å². The quantitative estimate of drug-likeness (QED) is 0.812. The number of halogens is 3. The second kappa shape index (κ2) is 5.43. The van der Waals surface area contributed by atoms with E-state index in [1.165, 1.54) is 19.2 Å². The number of nitriles is 1. The number of nitrogens with zero attached hydrogens (tertiary/aromatic N) is 2. The minimum Gasteiger partial charge on any atom is -0.494 e. The zero-order valence-corrected chi connectivity index (χ0v) is 15.3. The van der Waals surface area contributed by atoms with Crippen LogP contribution in [0, 0.1) is 11.3 Å². The topological polar surface area (TPSA) is 87.6 Å². The first kappa shape index (κ1) is 18.7. The number of fused-ring (bicyclic) bond motifs is 5. The van der Waals surface area contributed by atoms with Crippen LogP contribution >= 0.6 is 0 Å². The van der Waals surface area contributed by atoms with Crippen molar-refractivity contribution in [3.63, 3.8) is 0 Å². The summed E-state index contributed by atoms with van der Waals surface area (Å²) in [4.78, 5) is 0. The Hall–Kier alpha value is -2.70. The highest BCUT2D eigenvalue weighted by molar-refractivity contribution is 5.62. The molecule has 2 aliphatic rings. The fraction of sp³-hybridized carbons (Fsp3) is 0.421. The number of aromatic nitrogens is 1. The number of alkyl halides is 3. The standard InChI is InChI=1S/C19H17F3N2O4/c1-17-7-12(27-3)18(2,28-17)14-13(17)15(25)24(16(14)26)10-5-4-9(8-23)11(6-10)19(20,21)22/h4-6,12,25-26H,7H2,1-3H3/t12-,17+,18-/m0/s1. The van der Waals surface area contributed by atoms with Gasteiger partial charge in [0.05, 0.1) is 45.7 Å². The van der Waals surface area contributed by atoms with E-state index in [0.29, 0.717) is 17.5 Å². The van der Waals surface area contributed by atoms with Gasteiger partial charge in [-0.2, -0.15) is 18.4 Å². The molecule has 0 amide bonds. The summed E-state index contributed by atoms with van der Waals surface area (Å²) in [5.74, 6) is -0.815. The monoisotopic (exact) mass is 394 g/mol. The van der Waals surface area contributed by atoms with Crippen LogP contribution in [0.4, 0.5) is 13.2 Å². The highest BCUT2D eigenvalue weighted by Crippen LogP contribution is 2.64. The van der Waals surface area contributed by atoms with Gasteiger partial charge in [0, 0.05) is 13.5 Å². The maximum atomic E-state index is 13.3. The zero-order valence-electron chi connectivity index (χ0n) is 15.3. The predicted molar refractivity (Wildman–Crippen MR) is 90.0 cm³/mol. The van der Waals surface area contributed by atoms with Crippen molar-refractivity contribution in [1.29, 1.82) is 5.26 Å². The Morgan fingerprint density at radius 3 is 2.46 bits per heavy atom. The van der Waals surface area contributed by atoms with Gasteiger partial charge in [-0.1, -0.05) is 0 Å². The van der Waals surface area contributed by atoms with Crippen molar-refractivity contribution in [3.8, 4) is 23.5 Å². The molecule has 2 aromatic rings. The molecule has 2 bridgehead atoms. The van der Waals surface area contributed by atoms with Crippen LogP contribution in [-0.4, -0.2) is 28.0 Å². The second-order valence-electron chi connectivity index (χ2n) is 7.44. The third kappa shape index (κ3) is 2.16. The van der Waals surface area contributed by atoms with E-state index in [1.807, 2.05) is 0 Å². The van der Waals surface area contributed by atoms with Crippen LogP contribution in [0.1, 0.15) is 42.5 Å². The molecule has 0 radical (unpaired) electrons. The van der Waals surface area contributed by atoms with Gasteiger partial charge in [0.2, 0.25) is 11.8 Å². The molecule has 3 atom stereocenters. The Labute approximate surface area is 158 Å². The Morgan fingerprint density at radius 2 is 1.89 bits per heavy atom. The maximum absolute atomic E-state index is 13.3. The smallest absolute Gasteiger partial charge is 0.417 e. The predicted octanol–water partition coefficient (Wildman–Crippen LogP) is 3.66. The fourth-order valence-electron chi connectivity index (χ4n) is 4.56. The van der Waals surface area contributed by atoms with E-state index in [1.54, 1.807) is 13.8 Å². The molecule has 2 N–H and O–H groups in total. The van der Waals surface area contributed by atoms with Crippen molar-refractivity contribution < 1.29 is 32.9 Å². The highest BCUT2D eigenvalue weighted by Gasteiger charge is 2.64. The van der Waals surface area contributed by atoms with Crippen molar-refractivity contribution in [2.24, 2.45) is 0 Å². The first-order chi connectivity index (χ1) is 13.0. The van der Waals surface area contributed by atoms with Gasteiger partial charge in [0.15, 0.2) is 0 Å². The number of methoxy groups -OCH3 is 1. The van der Waals surface area contributed by atoms with Gasteiger partial charge in [0.1, 0.15) is 5.60 Å². The van der Waals surface area contributed by atoms with Gasteiger partial charge in [-0.05, 0) is 32.0 Å².